The minimum absolute atomic E-state index is 0.107. The first-order valence-corrected chi connectivity index (χ1v) is 7.52. The van der Waals surface area contributed by atoms with Crippen molar-refractivity contribution in [2.75, 3.05) is 13.6 Å². The Morgan fingerprint density at radius 2 is 1.68 bits per heavy atom. The molecule has 0 aromatic heterocycles. The van der Waals surface area contributed by atoms with E-state index in [0.717, 1.165) is 5.56 Å². The van der Waals surface area contributed by atoms with Crippen molar-refractivity contribution in [3.05, 3.63) is 75.8 Å². The van der Waals surface area contributed by atoms with E-state index in [1.54, 1.807) is 7.05 Å². The highest BCUT2D eigenvalue weighted by molar-refractivity contribution is 5.95. The lowest BCUT2D eigenvalue weighted by molar-refractivity contribution is -0.384. The van der Waals surface area contributed by atoms with Gasteiger partial charge in [0, 0.05) is 24.2 Å². The van der Waals surface area contributed by atoms with Crippen molar-refractivity contribution in [2.24, 2.45) is 0 Å². The largest absolute Gasteiger partial charge is 0.293 e. The number of rotatable bonds is 6. The smallest absolute Gasteiger partial charge is 0.269 e. The highest BCUT2D eigenvalue weighted by atomic mass is 16.6. The van der Waals surface area contributed by atoms with Gasteiger partial charge in [0.1, 0.15) is 0 Å². The number of hydrazine groups is 1. The topological polar surface area (TPSA) is 105 Å². The molecule has 0 radical (unpaired) electrons. The van der Waals surface area contributed by atoms with Crippen LogP contribution in [0.5, 0.6) is 0 Å². The molecule has 2 N–H and O–H groups in total. The van der Waals surface area contributed by atoms with E-state index >= 15 is 0 Å². The molecule has 0 saturated heterocycles. The minimum atomic E-state index is -0.550. The van der Waals surface area contributed by atoms with E-state index < -0.39 is 10.8 Å². The Morgan fingerprint density at radius 3 is 2.28 bits per heavy atom. The van der Waals surface area contributed by atoms with Crippen LogP contribution in [0.2, 0.25) is 0 Å². The number of nitrogens with zero attached hydrogens (tertiary/aromatic N) is 2. The van der Waals surface area contributed by atoms with Crippen LogP contribution in [0.3, 0.4) is 0 Å². The van der Waals surface area contributed by atoms with Crippen molar-refractivity contribution in [2.45, 2.75) is 6.54 Å². The van der Waals surface area contributed by atoms with Crippen LogP contribution in [-0.2, 0) is 11.3 Å². The van der Waals surface area contributed by atoms with Crippen LogP contribution in [0.15, 0.2) is 54.6 Å². The number of nitro benzene ring substituents is 1. The first-order chi connectivity index (χ1) is 12.0. The molecule has 2 aromatic rings. The van der Waals surface area contributed by atoms with Crippen LogP contribution in [0.25, 0.3) is 0 Å². The lowest BCUT2D eigenvalue weighted by Gasteiger charge is -2.16. The van der Waals surface area contributed by atoms with Crippen molar-refractivity contribution in [3.8, 4) is 0 Å². The predicted molar refractivity (Wildman–Crippen MR) is 91.5 cm³/mol. The fourth-order valence-electron chi connectivity index (χ4n) is 2.17. The average Bonchev–Trinajstić information content (AvgIpc) is 2.60. The molecule has 8 nitrogen and oxygen atoms in total. The summed E-state index contributed by atoms with van der Waals surface area (Å²) in [5.74, 6) is -0.914. The van der Waals surface area contributed by atoms with Crippen molar-refractivity contribution < 1.29 is 14.5 Å². The fraction of sp³-hybridized carbons (Fsp3) is 0.176. The van der Waals surface area contributed by atoms with E-state index in [1.807, 2.05) is 35.2 Å². The van der Waals surface area contributed by atoms with E-state index in [-0.39, 0.29) is 23.7 Å². The molecule has 0 atom stereocenters. The molecule has 0 unspecified atom stereocenters. The molecule has 0 aliphatic rings. The second-order valence-electron chi connectivity index (χ2n) is 5.46. The molecule has 8 heteroatoms. The van der Waals surface area contributed by atoms with Crippen LogP contribution in [0, 0.1) is 10.1 Å². The molecule has 0 spiro atoms. The molecule has 130 valence electrons. The van der Waals surface area contributed by atoms with E-state index in [2.05, 4.69) is 10.9 Å². The first kappa shape index (κ1) is 18.1. The minimum Gasteiger partial charge on any atom is -0.293 e. The lowest BCUT2D eigenvalue weighted by Crippen LogP contribution is -2.45. The van der Waals surface area contributed by atoms with E-state index in [9.17, 15) is 19.7 Å². The maximum atomic E-state index is 11.9. The molecule has 0 aliphatic carbocycles. The molecule has 2 amide bonds. The Morgan fingerprint density at radius 1 is 1.04 bits per heavy atom. The van der Waals surface area contributed by atoms with Crippen LogP contribution in [-0.4, -0.2) is 35.2 Å². The molecular formula is C17H18N4O4. The van der Waals surface area contributed by atoms with Gasteiger partial charge in [-0.15, -0.1) is 0 Å². The SMILES string of the molecule is CN(CC(=O)NNC(=O)c1ccc([N+](=O)[O-])cc1)Cc1ccccc1. The highest BCUT2D eigenvalue weighted by Gasteiger charge is 2.11. The maximum Gasteiger partial charge on any atom is 0.269 e. The van der Waals surface area contributed by atoms with Gasteiger partial charge in [0.15, 0.2) is 0 Å². The molecule has 0 saturated carbocycles. The zero-order valence-corrected chi connectivity index (χ0v) is 13.6. The zero-order chi connectivity index (χ0) is 18.2. The van der Waals surface area contributed by atoms with Gasteiger partial charge in [-0.2, -0.15) is 0 Å². The average molecular weight is 342 g/mol. The van der Waals surface area contributed by atoms with Gasteiger partial charge < -0.3 is 0 Å². The first-order valence-electron chi connectivity index (χ1n) is 7.52. The summed E-state index contributed by atoms with van der Waals surface area (Å²) in [6.07, 6.45) is 0. The third-order valence-electron chi connectivity index (χ3n) is 3.36. The van der Waals surface area contributed by atoms with Crippen LogP contribution >= 0.6 is 0 Å². The number of hydrogen-bond acceptors (Lipinski definition) is 5. The van der Waals surface area contributed by atoms with Gasteiger partial charge in [0.2, 0.25) is 0 Å². The number of benzene rings is 2. The molecule has 0 aliphatic heterocycles. The fourth-order valence-corrected chi connectivity index (χ4v) is 2.17. The Bertz CT molecular complexity index is 747. The third kappa shape index (κ3) is 5.70. The van der Waals surface area contributed by atoms with E-state index in [4.69, 9.17) is 0 Å². The number of hydrogen-bond donors (Lipinski definition) is 2. The lowest BCUT2D eigenvalue weighted by atomic mass is 10.2. The number of nitro groups is 1. The summed E-state index contributed by atoms with van der Waals surface area (Å²) >= 11 is 0. The molecule has 25 heavy (non-hydrogen) atoms. The molecule has 0 bridgehead atoms. The van der Waals surface area contributed by atoms with E-state index in [0.29, 0.717) is 6.54 Å². The summed E-state index contributed by atoms with van der Waals surface area (Å²) < 4.78 is 0. The van der Waals surface area contributed by atoms with Gasteiger partial charge in [-0.1, -0.05) is 30.3 Å². The van der Waals surface area contributed by atoms with Crippen LogP contribution < -0.4 is 10.9 Å². The van der Waals surface area contributed by atoms with Gasteiger partial charge in [-0.25, -0.2) is 0 Å². The Kier molecular flexibility index (Phi) is 6.19. The number of carbonyl (C=O) groups excluding carboxylic acids is 2. The number of non-ortho nitro benzene ring substituents is 1. The van der Waals surface area contributed by atoms with Crippen LogP contribution in [0.1, 0.15) is 15.9 Å². The van der Waals surface area contributed by atoms with Crippen molar-refractivity contribution in [3.63, 3.8) is 0 Å². The van der Waals surface area contributed by atoms with Gasteiger partial charge in [0.25, 0.3) is 17.5 Å². The molecule has 2 aromatic carbocycles. The number of likely N-dealkylation sites (N-methyl/N-ethyl adjacent to an activating group) is 1. The predicted octanol–water partition coefficient (Wildman–Crippen LogP) is 1.49. The molecule has 2 rings (SSSR count). The summed E-state index contributed by atoms with van der Waals surface area (Å²) in [6.45, 7) is 0.708. The molecule has 0 fully saturated rings. The summed E-state index contributed by atoms with van der Waals surface area (Å²) in [5, 5.41) is 10.6. The van der Waals surface area contributed by atoms with Crippen LogP contribution in [0.4, 0.5) is 5.69 Å². The highest BCUT2D eigenvalue weighted by Crippen LogP contribution is 2.11. The summed E-state index contributed by atoms with van der Waals surface area (Å²) in [6, 6.07) is 14.8. The van der Waals surface area contributed by atoms with Crippen molar-refractivity contribution >= 4 is 17.5 Å². The standard InChI is InChI=1S/C17H18N4O4/c1-20(11-13-5-3-2-4-6-13)12-16(22)18-19-17(23)14-7-9-15(10-8-14)21(24)25/h2-10H,11-12H2,1H3,(H,18,22)(H,19,23). The monoisotopic (exact) mass is 342 g/mol. The van der Waals surface area contributed by atoms with Gasteiger partial charge in [-0.05, 0) is 24.7 Å². The number of amides is 2. The second kappa shape index (κ2) is 8.55. The van der Waals surface area contributed by atoms with Gasteiger partial charge in [-0.3, -0.25) is 35.5 Å². The van der Waals surface area contributed by atoms with E-state index in [1.165, 1.54) is 24.3 Å². The second-order valence-corrected chi connectivity index (χ2v) is 5.46. The normalized spacial score (nSPS) is 10.3. The van der Waals surface area contributed by atoms with Gasteiger partial charge in [0.05, 0.1) is 11.5 Å². The number of carbonyl (C=O) groups is 2. The Labute approximate surface area is 144 Å². The summed E-state index contributed by atoms with van der Waals surface area (Å²) in [5.41, 5.74) is 5.78. The third-order valence-corrected chi connectivity index (χ3v) is 3.36. The maximum absolute atomic E-state index is 11.9. The van der Waals surface area contributed by atoms with Gasteiger partial charge >= 0.3 is 0 Å². The quantitative estimate of drug-likeness (QED) is 0.611. The van der Waals surface area contributed by atoms with Crippen molar-refractivity contribution in [1.29, 1.82) is 0 Å². The van der Waals surface area contributed by atoms with Crippen molar-refractivity contribution in [1.82, 2.24) is 15.8 Å². The summed E-state index contributed by atoms with van der Waals surface area (Å²) in [7, 11) is 1.80. The Hall–Kier alpha value is -3.26. The Balaban J connectivity index is 1.78. The molecule has 0 heterocycles. The number of nitrogens with one attached hydrogen (secondary N) is 2. The zero-order valence-electron chi connectivity index (χ0n) is 13.6. The molecular weight excluding hydrogens is 324 g/mol. The summed E-state index contributed by atoms with van der Waals surface area (Å²) in [4.78, 5) is 35.6.